The largest absolute Gasteiger partial charge is 0.492 e. The van der Waals surface area contributed by atoms with Gasteiger partial charge in [-0.3, -0.25) is 4.79 Å². The van der Waals surface area contributed by atoms with Gasteiger partial charge in [0.15, 0.2) is 0 Å². The van der Waals surface area contributed by atoms with Crippen molar-refractivity contribution in [2.45, 2.75) is 13.1 Å². The van der Waals surface area contributed by atoms with E-state index >= 15 is 0 Å². The van der Waals surface area contributed by atoms with Crippen molar-refractivity contribution in [1.29, 1.82) is 0 Å². The Morgan fingerprint density at radius 3 is 2.56 bits per heavy atom. The fourth-order valence-corrected chi connectivity index (χ4v) is 2.36. The molecule has 2 N–H and O–H groups in total. The molecular formula is C17H16ClF3N2O2. The Morgan fingerprint density at radius 2 is 1.88 bits per heavy atom. The lowest BCUT2D eigenvalue weighted by atomic mass is 10.1. The molecule has 1 amide bonds. The highest BCUT2D eigenvalue weighted by molar-refractivity contribution is 6.34. The number of amides is 1. The third kappa shape index (κ3) is 5.03. The fraction of sp³-hybridized carbons (Fsp3) is 0.235. The van der Waals surface area contributed by atoms with Gasteiger partial charge in [0.2, 0.25) is 5.91 Å². The number of nitrogens with one attached hydrogen (secondary N) is 2. The second kappa shape index (κ2) is 8.11. The number of anilines is 2. The Balaban J connectivity index is 2.10. The average Bonchev–Trinajstić information content (AvgIpc) is 2.55. The van der Waals surface area contributed by atoms with Crippen LogP contribution in [0.2, 0.25) is 5.02 Å². The van der Waals surface area contributed by atoms with Crippen LogP contribution >= 0.6 is 11.6 Å². The molecule has 134 valence electrons. The highest BCUT2D eigenvalue weighted by Crippen LogP contribution is 2.38. The van der Waals surface area contributed by atoms with Crippen molar-refractivity contribution in [3.05, 3.63) is 53.1 Å². The SMILES string of the molecule is CCOc1ccccc1NCC(=O)Nc1c(Cl)cccc1C(F)(F)F. The quantitative estimate of drug-likeness (QED) is 0.765. The Kier molecular flexibility index (Phi) is 6.14. The van der Waals surface area contributed by atoms with Crippen LogP contribution in [0.4, 0.5) is 24.5 Å². The third-order valence-corrected chi connectivity index (χ3v) is 3.52. The molecule has 0 radical (unpaired) electrons. The second-order valence-electron chi connectivity index (χ2n) is 4.99. The van der Waals surface area contributed by atoms with Crippen LogP contribution in [0, 0.1) is 0 Å². The van der Waals surface area contributed by atoms with Crippen LogP contribution in [0.25, 0.3) is 0 Å². The van der Waals surface area contributed by atoms with Crippen LogP contribution in [0.5, 0.6) is 5.75 Å². The number of ether oxygens (including phenoxy) is 1. The number of carbonyl (C=O) groups excluding carboxylic acids is 1. The molecule has 0 saturated carbocycles. The number of halogens is 4. The molecule has 2 aromatic rings. The summed E-state index contributed by atoms with van der Waals surface area (Å²) in [5.74, 6) is -0.114. The molecule has 0 spiro atoms. The maximum atomic E-state index is 13.0. The molecule has 0 aliphatic rings. The van der Waals surface area contributed by atoms with Gasteiger partial charge in [0.1, 0.15) is 5.75 Å². The van der Waals surface area contributed by atoms with Gasteiger partial charge in [-0.05, 0) is 31.2 Å². The summed E-state index contributed by atoms with van der Waals surface area (Å²) < 4.78 is 44.5. The lowest BCUT2D eigenvalue weighted by Gasteiger charge is -2.16. The number of para-hydroxylation sites is 3. The van der Waals surface area contributed by atoms with Gasteiger partial charge >= 0.3 is 6.18 Å². The molecule has 2 rings (SSSR count). The zero-order chi connectivity index (χ0) is 18.4. The molecule has 0 heterocycles. The van der Waals surface area contributed by atoms with Crippen molar-refractivity contribution in [3.63, 3.8) is 0 Å². The van der Waals surface area contributed by atoms with Crippen molar-refractivity contribution >= 4 is 28.9 Å². The minimum atomic E-state index is -4.62. The minimum Gasteiger partial charge on any atom is -0.492 e. The fourth-order valence-electron chi connectivity index (χ4n) is 2.14. The molecule has 0 saturated heterocycles. The van der Waals surface area contributed by atoms with Crippen LogP contribution < -0.4 is 15.4 Å². The van der Waals surface area contributed by atoms with E-state index in [4.69, 9.17) is 16.3 Å². The normalized spacial score (nSPS) is 11.1. The van der Waals surface area contributed by atoms with Crippen molar-refractivity contribution in [3.8, 4) is 5.75 Å². The number of hydrogen-bond acceptors (Lipinski definition) is 3. The van der Waals surface area contributed by atoms with Crippen LogP contribution in [0.15, 0.2) is 42.5 Å². The highest BCUT2D eigenvalue weighted by atomic mass is 35.5. The van der Waals surface area contributed by atoms with Crippen LogP contribution in [0.3, 0.4) is 0 Å². The summed E-state index contributed by atoms with van der Waals surface area (Å²) >= 11 is 5.81. The van der Waals surface area contributed by atoms with Crippen molar-refractivity contribution < 1.29 is 22.7 Å². The molecule has 0 aromatic heterocycles. The van der Waals surface area contributed by atoms with Gasteiger partial charge < -0.3 is 15.4 Å². The lowest BCUT2D eigenvalue weighted by molar-refractivity contribution is -0.137. The summed E-state index contributed by atoms with van der Waals surface area (Å²) in [4.78, 5) is 12.0. The van der Waals surface area contributed by atoms with E-state index in [-0.39, 0.29) is 11.6 Å². The number of hydrogen-bond donors (Lipinski definition) is 2. The highest BCUT2D eigenvalue weighted by Gasteiger charge is 2.34. The molecule has 0 aliphatic heterocycles. The predicted molar refractivity (Wildman–Crippen MR) is 91.2 cm³/mol. The molecule has 4 nitrogen and oxygen atoms in total. The van der Waals surface area contributed by atoms with Gasteiger partial charge in [0, 0.05) is 0 Å². The lowest BCUT2D eigenvalue weighted by Crippen LogP contribution is -2.24. The van der Waals surface area contributed by atoms with E-state index in [0.29, 0.717) is 18.0 Å². The van der Waals surface area contributed by atoms with E-state index < -0.39 is 23.3 Å². The van der Waals surface area contributed by atoms with Crippen molar-refractivity contribution in [2.24, 2.45) is 0 Å². The standard InChI is InChI=1S/C17H16ClF3N2O2/c1-2-25-14-9-4-3-8-13(14)22-10-15(24)23-16-11(17(19,20)21)6-5-7-12(16)18/h3-9,22H,2,10H2,1H3,(H,23,24). The summed E-state index contributed by atoms with van der Waals surface area (Å²) in [6.45, 7) is 2.02. The summed E-state index contributed by atoms with van der Waals surface area (Å²) in [5.41, 5.74) is -0.890. The molecule has 0 aliphatic carbocycles. The van der Waals surface area contributed by atoms with Gasteiger partial charge in [-0.2, -0.15) is 13.2 Å². The number of carbonyl (C=O) groups is 1. The first-order valence-electron chi connectivity index (χ1n) is 7.44. The molecule has 0 bridgehead atoms. The summed E-state index contributed by atoms with van der Waals surface area (Å²) in [5, 5.41) is 4.86. The second-order valence-corrected chi connectivity index (χ2v) is 5.40. The molecule has 2 aromatic carbocycles. The van der Waals surface area contributed by atoms with Gasteiger partial charge in [-0.1, -0.05) is 29.8 Å². The summed E-state index contributed by atoms with van der Waals surface area (Å²) in [7, 11) is 0. The number of alkyl halides is 3. The first-order valence-corrected chi connectivity index (χ1v) is 7.82. The molecule has 0 atom stereocenters. The molecular weight excluding hydrogens is 357 g/mol. The van der Waals surface area contributed by atoms with E-state index in [9.17, 15) is 18.0 Å². The van der Waals surface area contributed by atoms with E-state index in [1.165, 1.54) is 12.1 Å². The summed E-state index contributed by atoms with van der Waals surface area (Å²) in [6.07, 6.45) is -4.62. The Hall–Kier alpha value is -2.41. The smallest absolute Gasteiger partial charge is 0.418 e. The van der Waals surface area contributed by atoms with E-state index in [2.05, 4.69) is 10.6 Å². The van der Waals surface area contributed by atoms with Crippen LogP contribution in [0.1, 0.15) is 12.5 Å². The number of benzene rings is 2. The monoisotopic (exact) mass is 372 g/mol. The number of rotatable bonds is 6. The Labute approximate surface area is 147 Å². The average molecular weight is 373 g/mol. The Bertz CT molecular complexity index is 751. The predicted octanol–water partition coefficient (Wildman–Crippen LogP) is 4.81. The topological polar surface area (TPSA) is 50.4 Å². The van der Waals surface area contributed by atoms with Gasteiger partial charge in [-0.25, -0.2) is 0 Å². The van der Waals surface area contributed by atoms with E-state index in [0.717, 1.165) is 6.07 Å². The minimum absolute atomic E-state index is 0.183. The zero-order valence-electron chi connectivity index (χ0n) is 13.3. The maximum Gasteiger partial charge on any atom is 0.418 e. The molecule has 8 heteroatoms. The molecule has 25 heavy (non-hydrogen) atoms. The van der Waals surface area contributed by atoms with Gasteiger partial charge in [0.25, 0.3) is 0 Å². The van der Waals surface area contributed by atoms with Crippen LogP contribution in [-0.4, -0.2) is 19.1 Å². The van der Waals surface area contributed by atoms with Gasteiger partial charge in [0.05, 0.1) is 35.1 Å². The summed E-state index contributed by atoms with van der Waals surface area (Å²) in [6, 6.07) is 10.3. The van der Waals surface area contributed by atoms with Crippen molar-refractivity contribution in [1.82, 2.24) is 0 Å². The van der Waals surface area contributed by atoms with Crippen LogP contribution in [-0.2, 0) is 11.0 Å². The maximum absolute atomic E-state index is 13.0. The third-order valence-electron chi connectivity index (χ3n) is 3.21. The first kappa shape index (κ1) is 18.9. The zero-order valence-corrected chi connectivity index (χ0v) is 14.0. The Morgan fingerprint density at radius 1 is 1.16 bits per heavy atom. The van der Waals surface area contributed by atoms with E-state index in [1.807, 2.05) is 6.92 Å². The molecule has 0 unspecified atom stereocenters. The first-order chi connectivity index (χ1) is 11.8. The molecule has 0 fully saturated rings. The van der Waals surface area contributed by atoms with E-state index in [1.54, 1.807) is 24.3 Å². The van der Waals surface area contributed by atoms with Crippen molar-refractivity contribution in [2.75, 3.05) is 23.8 Å². The van der Waals surface area contributed by atoms with Gasteiger partial charge in [-0.15, -0.1) is 0 Å².